The lowest BCUT2D eigenvalue weighted by molar-refractivity contribution is 0.0777. The average Bonchev–Trinajstić information content (AvgIpc) is 2.85. The zero-order chi connectivity index (χ0) is 14.0. The second-order valence-electron chi connectivity index (χ2n) is 4.29. The van der Waals surface area contributed by atoms with Crippen LogP contribution < -0.4 is 5.73 Å². The highest BCUT2D eigenvalue weighted by Crippen LogP contribution is 2.18. The van der Waals surface area contributed by atoms with Crippen molar-refractivity contribution in [2.45, 2.75) is 13.5 Å². The van der Waals surface area contributed by atoms with E-state index in [0.29, 0.717) is 17.1 Å². The van der Waals surface area contributed by atoms with E-state index in [0.717, 1.165) is 0 Å². The molecule has 7 heteroatoms. The highest BCUT2D eigenvalue weighted by molar-refractivity contribution is 5.95. The van der Waals surface area contributed by atoms with E-state index >= 15 is 0 Å². The lowest BCUT2D eigenvalue weighted by Crippen LogP contribution is -2.28. The Hall–Kier alpha value is -2.44. The summed E-state index contributed by atoms with van der Waals surface area (Å²) in [5, 5.41) is 6.32. The zero-order valence-corrected chi connectivity index (χ0v) is 10.6. The predicted octanol–water partition coefficient (Wildman–Crippen LogP) is 1.11. The number of nitrogens with two attached hydrogens (primary N) is 1. The van der Waals surface area contributed by atoms with E-state index in [1.165, 1.54) is 23.4 Å². The van der Waals surface area contributed by atoms with Crippen molar-refractivity contribution in [2.24, 2.45) is 0 Å². The van der Waals surface area contributed by atoms with Crippen molar-refractivity contribution in [1.29, 1.82) is 0 Å². The Bertz CT molecular complexity index is 596. The van der Waals surface area contributed by atoms with Crippen LogP contribution in [0.25, 0.3) is 0 Å². The number of nitrogens with one attached hydrogen (secondary N) is 1. The van der Waals surface area contributed by atoms with Crippen LogP contribution in [0.2, 0.25) is 0 Å². The van der Waals surface area contributed by atoms with E-state index < -0.39 is 11.7 Å². The number of halogens is 1. The maximum Gasteiger partial charge on any atom is 0.257 e. The molecule has 2 aromatic rings. The molecule has 1 aromatic heterocycles. The Morgan fingerprint density at radius 2 is 2.26 bits per heavy atom. The molecule has 6 nitrogen and oxygen atoms in total. The van der Waals surface area contributed by atoms with Gasteiger partial charge in [-0.2, -0.15) is 5.10 Å². The predicted molar refractivity (Wildman–Crippen MR) is 67.7 cm³/mol. The third kappa shape index (κ3) is 2.70. The smallest absolute Gasteiger partial charge is 0.257 e. The SMILES string of the molecule is Cc1cc(N)cc(C(=O)N(C)Cc2ncn[nH]2)c1F. The Morgan fingerprint density at radius 1 is 1.53 bits per heavy atom. The van der Waals surface area contributed by atoms with Crippen LogP contribution >= 0.6 is 0 Å². The highest BCUT2D eigenvalue weighted by Gasteiger charge is 2.19. The molecule has 1 aromatic carbocycles. The molecule has 0 saturated heterocycles. The van der Waals surface area contributed by atoms with Crippen molar-refractivity contribution in [2.75, 3.05) is 12.8 Å². The summed E-state index contributed by atoms with van der Waals surface area (Å²) in [7, 11) is 1.56. The molecule has 0 fully saturated rings. The molecule has 0 aliphatic carbocycles. The van der Waals surface area contributed by atoms with Gasteiger partial charge in [-0.25, -0.2) is 9.37 Å². The van der Waals surface area contributed by atoms with Gasteiger partial charge in [0, 0.05) is 12.7 Å². The first kappa shape index (κ1) is 13.0. The standard InChI is InChI=1S/C12H14FN5O/c1-7-3-8(14)4-9(11(7)13)12(19)18(2)5-10-15-6-16-17-10/h3-4,6H,5,14H2,1-2H3,(H,15,16,17). The van der Waals surface area contributed by atoms with Gasteiger partial charge in [-0.3, -0.25) is 9.89 Å². The molecule has 19 heavy (non-hydrogen) atoms. The lowest BCUT2D eigenvalue weighted by atomic mass is 10.1. The van der Waals surface area contributed by atoms with E-state index in [-0.39, 0.29) is 12.1 Å². The number of nitrogens with zero attached hydrogens (tertiary/aromatic N) is 3. The third-order valence-electron chi connectivity index (χ3n) is 2.71. The Balaban J connectivity index is 2.24. The van der Waals surface area contributed by atoms with Gasteiger partial charge in [0.05, 0.1) is 12.1 Å². The number of nitrogen functional groups attached to an aromatic ring is 1. The van der Waals surface area contributed by atoms with Gasteiger partial charge in [-0.1, -0.05) is 0 Å². The number of benzene rings is 1. The molecule has 0 bridgehead atoms. The summed E-state index contributed by atoms with van der Waals surface area (Å²) in [5.74, 6) is -0.482. The molecule has 1 heterocycles. The number of hydrogen-bond donors (Lipinski definition) is 2. The van der Waals surface area contributed by atoms with Gasteiger partial charge >= 0.3 is 0 Å². The van der Waals surface area contributed by atoms with Crippen molar-refractivity contribution in [1.82, 2.24) is 20.1 Å². The normalized spacial score (nSPS) is 10.5. The minimum atomic E-state index is -0.552. The maximum atomic E-state index is 13.9. The van der Waals surface area contributed by atoms with Crippen LogP contribution in [0.4, 0.5) is 10.1 Å². The van der Waals surface area contributed by atoms with Gasteiger partial charge in [0.2, 0.25) is 0 Å². The molecular weight excluding hydrogens is 249 g/mol. The monoisotopic (exact) mass is 263 g/mol. The number of carbonyl (C=O) groups is 1. The number of aromatic nitrogens is 3. The van der Waals surface area contributed by atoms with Crippen LogP contribution in [0.3, 0.4) is 0 Å². The fourth-order valence-corrected chi connectivity index (χ4v) is 1.76. The number of anilines is 1. The van der Waals surface area contributed by atoms with E-state index in [1.54, 1.807) is 14.0 Å². The van der Waals surface area contributed by atoms with Gasteiger partial charge in [0.15, 0.2) is 0 Å². The van der Waals surface area contributed by atoms with Crippen LogP contribution in [0, 0.1) is 12.7 Å². The highest BCUT2D eigenvalue weighted by atomic mass is 19.1. The summed E-state index contributed by atoms with van der Waals surface area (Å²) in [6.07, 6.45) is 1.35. The van der Waals surface area contributed by atoms with E-state index in [9.17, 15) is 9.18 Å². The van der Waals surface area contributed by atoms with E-state index in [4.69, 9.17) is 5.73 Å². The second kappa shape index (κ2) is 5.05. The molecule has 3 N–H and O–H groups in total. The number of carbonyl (C=O) groups excluding carboxylic acids is 1. The molecular formula is C12H14FN5O. The Morgan fingerprint density at radius 3 is 2.89 bits per heavy atom. The number of hydrogen-bond acceptors (Lipinski definition) is 4. The van der Waals surface area contributed by atoms with Gasteiger partial charge in [-0.05, 0) is 24.6 Å². The van der Waals surface area contributed by atoms with Gasteiger partial charge in [-0.15, -0.1) is 0 Å². The molecule has 0 spiro atoms. The molecule has 100 valence electrons. The largest absolute Gasteiger partial charge is 0.399 e. The summed E-state index contributed by atoms with van der Waals surface area (Å²) in [4.78, 5) is 17.4. The third-order valence-corrected chi connectivity index (χ3v) is 2.71. The minimum Gasteiger partial charge on any atom is -0.399 e. The zero-order valence-electron chi connectivity index (χ0n) is 10.6. The molecule has 0 unspecified atom stereocenters. The van der Waals surface area contributed by atoms with E-state index in [1.807, 2.05) is 0 Å². The molecule has 0 atom stereocenters. The topological polar surface area (TPSA) is 87.9 Å². The van der Waals surface area contributed by atoms with Crippen molar-refractivity contribution in [3.8, 4) is 0 Å². The number of H-pyrrole nitrogens is 1. The first-order valence-corrected chi connectivity index (χ1v) is 5.64. The first-order valence-electron chi connectivity index (χ1n) is 5.64. The van der Waals surface area contributed by atoms with Gasteiger partial charge in [0.1, 0.15) is 18.0 Å². The summed E-state index contributed by atoms with van der Waals surface area (Å²) in [6.45, 7) is 1.78. The molecule has 2 rings (SSSR count). The van der Waals surface area contributed by atoms with Crippen molar-refractivity contribution >= 4 is 11.6 Å². The second-order valence-corrected chi connectivity index (χ2v) is 4.29. The molecule has 1 amide bonds. The van der Waals surface area contributed by atoms with E-state index in [2.05, 4.69) is 15.2 Å². The van der Waals surface area contributed by atoms with Crippen LogP contribution in [0.1, 0.15) is 21.7 Å². The van der Waals surface area contributed by atoms with Crippen LogP contribution in [-0.4, -0.2) is 33.0 Å². The summed E-state index contributed by atoms with van der Waals surface area (Å²) in [6, 6.07) is 2.82. The van der Waals surface area contributed by atoms with Crippen molar-refractivity contribution in [3.63, 3.8) is 0 Å². The van der Waals surface area contributed by atoms with Gasteiger partial charge < -0.3 is 10.6 Å². The minimum absolute atomic E-state index is 0.0421. The van der Waals surface area contributed by atoms with Crippen LogP contribution in [0.15, 0.2) is 18.5 Å². The first-order chi connectivity index (χ1) is 8.99. The number of aromatic amines is 1. The van der Waals surface area contributed by atoms with Crippen LogP contribution in [-0.2, 0) is 6.54 Å². The summed E-state index contributed by atoms with van der Waals surface area (Å²) < 4.78 is 13.9. The maximum absolute atomic E-state index is 13.9. The lowest BCUT2D eigenvalue weighted by Gasteiger charge is -2.17. The number of aryl methyl sites for hydroxylation is 1. The Labute approximate surface area is 109 Å². The summed E-state index contributed by atoms with van der Waals surface area (Å²) in [5.41, 5.74) is 6.29. The molecule has 0 radical (unpaired) electrons. The summed E-state index contributed by atoms with van der Waals surface area (Å²) >= 11 is 0. The Kier molecular flexibility index (Phi) is 3.46. The van der Waals surface area contributed by atoms with Crippen LogP contribution in [0.5, 0.6) is 0 Å². The van der Waals surface area contributed by atoms with Crippen molar-refractivity contribution in [3.05, 3.63) is 41.2 Å². The average molecular weight is 263 g/mol. The number of amides is 1. The fraction of sp³-hybridized carbons (Fsp3) is 0.250. The number of rotatable bonds is 3. The molecule has 0 aliphatic rings. The molecule has 0 aliphatic heterocycles. The van der Waals surface area contributed by atoms with Gasteiger partial charge in [0.25, 0.3) is 5.91 Å². The fourth-order valence-electron chi connectivity index (χ4n) is 1.76. The quantitative estimate of drug-likeness (QED) is 0.812. The molecule has 0 saturated carbocycles. The van der Waals surface area contributed by atoms with Crippen molar-refractivity contribution < 1.29 is 9.18 Å².